The number of amides is 2. The molecule has 6 heteroatoms. The van der Waals surface area contributed by atoms with Gasteiger partial charge in [-0.15, -0.1) is 0 Å². The van der Waals surface area contributed by atoms with Crippen LogP contribution in [-0.2, 0) is 4.79 Å². The lowest BCUT2D eigenvalue weighted by Gasteiger charge is -2.08. The second kappa shape index (κ2) is 7.35. The van der Waals surface area contributed by atoms with Crippen molar-refractivity contribution in [2.24, 2.45) is 5.92 Å². The summed E-state index contributed by atoms with van der Waals surface area (Å²) in [7, 11) is 0. The molecule has 1 rings (SSSR count). The van der Waals surface area contributed by atoms with E-state index >= 15 is 0 Å². The van der Waals surface area contributed by atoms with Crippen LogP contribution in [0.1, 0.15) is 25.5 Å². The van der Waals surface area contributed by atoms with Crippen molar-refractivity contribution in [1.82, 2.24) is 10.3 Å². The number of urea groups is 1. The Morgan fingerprint density at radius 2 is 2.16 bits per heavy atom. The van der Waals surface area contributed by atoms with Gasteiger partial charge in [-0.2, -0.15) is 0 Å². The van der Waals surface area contributed by atoms with E-state index in [9.17, 15) is 9.59 Å². The number of carbonyl (C=O) groups excluding carboxylic acids is 1. The molecule has 104 valence electrons. The number of hydrogen-bond donors (Lipinski definition) is 3. The van der Waals surface area contributed by atoms with E-state index in [1.54, 1.807) is 19.2 Å². The highest BCUT2D eigenvalue weighted by Gasteiger charge is 2.10. The molecule has 2 amide bonds. The molecule has 0 aliphatic carbocycles. The summed E-state index contributed by atoms with van der Waals surface area (Å²) >= 11 is 0. The van der Waals surface area contributed by atoms with Crippen molar-refractivity contribution < 1.29 is 14.7 Å². The molecule has 0 spiro atoms. The van der Waals surface area contributed by atoms with Crippen LogP contribution in [-0.4, -0.2) is 28.6 Å². The molecule has 1 aromatic heterocycles. The molecule has 1 aromatic rings. The lowest BCUT2D eigenvalue weighted by Crippen LogP contribution is -2.30. The summed E-state index contributed by atoms with van der Waals surface area (Å²) in [6, 6.07) is 3.27. The maximum Gasteiger partial charge on any atom is 0.319 e. The van der Waals surface area contributed by atoms with Crippen LogP contribution in [0.2, 0.25) is 0 Å². The van der Waals surface area contributed by atoms with Gasteiger partial charge in [-0.1, -0.05) is 6.92 Å². The number of aliphatic carboxylic acids is 1. The van der Waals surface area contributed by atoms with Gasteiger partial charge in [-0.05, 0) is 31.9 Å². The van der Waals surface area contributed by atoms with Crippen LogP contribution in [0.5, 0.6) is 0 Å². The minimum atomic E-state index is -0.810. The van der Waals surface area contributed by atoms with Crippen molar-refractivity contribution >= 4 is 17.7 Å². The molecular weight excluding hydrogens is 246 g/mol. The van der Waals surface area contributed by atoms with Crippen molar-refractivity contribution in [2.45, 2.75) is 26.7 Å². The highest BCUT2D eigenvalue weighted by Crippen LogP contribution is 2.06. The second-order valence-corrected chi connectivity index (χ2v) is 4.45. The van der Waals surface area contributed by atoms with E-state index in [4.69, 9.17) is 5.11 Å². The van der Waals surface area contributed by atoms with E-state index < -0.39 is 5.97 Å². The Morgan fingerprint density at radius 1 is 1.42 bits per heavy atom. The Kier molecular flexibility index (Phi) is 5.78. The topological polar surface area (TPSA) is 91.3 Å². The highest BCUT2D eigenvalue weighted by molar-refractivity contribution is 5.88. The minimum absolute atomic E-state index is 0.311. The largest absolute Gasteiger partial charge is 0.481 e. The number of rotatable bonds is 6. The molecule has 0 saturated heterocycles. The predicted molar refractivity (Wildman–Crippen MR) is 72.0 cm³/mol. The average Bonchev–Trinajstić information content (AvgIpc) is 2.37. The zero-order valence-corrected chi connectivity index (χ0v) is 11.1. The first-order valence-electron chi connectivity index (χ1n) is 6.19. The van der Waals surface area contributed by atoms with Crippen molar-refractivity contribution in [3.63, 3.8) is 0 Å². The van der Waals surface area contributed by atoms with Gasteiger partial charge in [-0.3, -0.25) is 9.78 Å². The van der Waals surface area contributed by atoms with Gasteiger partial charge < -0.3 is 15.7 Å². The molecular formula is C13H19N3O3. The smallest absolute Gasteiger partial charge is 0.319 e. The number of carbonyl (C=O) groups is 2. The van der Waals surface area contributed by atoms with E-state index in [2.05, 4.69) is 15.6 Å². The van der Waals surface area contributed by atoms with Crippen LogP contribution < -0.4 is 10.6 Å². The molecule has 0 aromatic carbocycles. The van der Waals surface area contributed by atoms with E-state index in [1.165, 1.54) is 0 Å². The summed E-state index contributed by atoms with van der Waals surface area (Å²) < 4.78 is 0. The van der Waals surface area contributed by atoms with Gasteiger partial charge in [-0.25, -0.2) is 4.79 Å². The van der Waals surface area contributed by atoms with Crippen LogP contribution >= 0.6 is 0 Å². The summed E-state index contributed by atoms with van der Waals surface area (Å²) in [6.45, 7) is 3.97. The zero-order chi connectivity index (χ0) is 14.3. The van der Waals surface area contributed by atoms with Crippen LogP contribution in [0.4, 0.5) is 10.5 Å². The Balaban J connectivity index is 2.21. The third-order valence-corrected chi connectivity index (χ3v) is 2.69. The first kappa shape index (κ1) is 14.9. The van der Waals surface area contributed by atoms with E-state index in [-0.39, 0.29) is 11.9 Å². The molecule has 19 heavy (non-hydrogen) atoms. The number of hydrogen-bond acceptors (Lipinski definition) is 3. The zero-order valence-electron chi connectivity index (χ0n) is 11.1. The molecule has 3 N–H and O–H groups in total. The van der Waals surface area contributed by atoms with Gasteiger partial charge >= 0.3 is 12.0 Å². The molecule has 1 unspecified atom stereocenters. The van der Waals surface area contributed by atoms with Crippen LogP contribution in [0.3, 0.4) is 0 Å². The van der Waals surface area contributed by atoms with Crippen LogP contribution in [0.25, 0.3) is 0 Å². The molecule has 0 fully saturated rings. The number of anilines is 1. The lowest BCUT2D eigenvalue weighted by atomic mass is 10.1. The van der Waals surface area contributed by atoms with Gasteiger partial charge in [0.25, 0.3) is 0 Å². The summed E-state index contributed by atoms with van der Waals surface area (Å²) in [5.74, 6) is -1.19. The van der Waals surface area contributed by atoms with Gasteiger partial charge in [0.05, 0.1) is 17.8 Å². The number of nitrogens with zero attached hydrogens (tertiary/aromatic N) is 1. The fourth-order valence-electron chi connectivity index (χ4n) is 1.45. The van der Waals surface area contributed by atoms with Gasteiger partial charge in [0.15, 0.2) is 0 Å². The predicted octanol–water partition coefficient (Wildman–Crippen LogP) is 2.01. The monoisotopic (exact) mass is 265 g/mol. The molecule has 1 heterocycles. The van der Waals surface area contributed by atoms with Crippen molar-refractivity contribution in [3.05, 3.63) is 24.0 Å². The number of aromatic nitrogens is 1. The van der Waals surface area contributed by atoms with Gasteiger partial charge in [0.2, 0.25) is 0 Å². The first-order chi connectivity index (χ1) is 8.99. The molecule has 0 radical (unpaired) electrons. The van der Waals surface area contributed by atoms with Crippen LogP contribution in [0.15, 0.2) is 18.3 Å². The van der Waals surface area contributed by atoms with Crippen molar-refractivity contribution in [2.75, 3.05) is 11.9 Å². The molecule has 0 aliphatic rings. The fourth-order valence-corrected chi connectivity index (χ4v) is 1.45. The molecule has 0 bridgehead atoms. The maximum absolute atomic E-state index is 11.5. The Bertz CT molecular complexity index is 431. The summed E-state index contributed by atoms with van der Waals surface area (Å²) in [6.07, 6.45) is 2.76. The molecule has 1 atom stereocenters. The minimum Gasteiger partial charge on any atom is -0.481 e. The molecule has 6 nitrogen and oxygen atoms in total. The SMILES string of the molecule is Cc1ccc(NC(=O)NCCCC(C)C(=O)O)cn1. The van der Waals surface area contributed by atoms with E-state index in [0.717, 1.165) is 5.69 Å². The van der Waals surface area contributed by atoms with Gasteiger partial charge in [0, 0.05) is 12.2 Å². The summed E-state index contributed by atoms with van der Waals surface area (Å²) in [5.41, 5.74) is 1.51. The summed E-state index contributed by atoms with van der Waals surface area (Å²) in [4.78, 5) is 26.2. The van der Waals surface area contributed by atoms with Crippen LogP contribution in [0, 0.1) is 12.8 Å². The van der Waals surface area contributed by atoms with E-state index in [0.29, 0.717) is 25.1 Å². The lowest BCUT2D eigenvalue weighted by molar-refractivity contribution is -0.141. The number of aryl methyl sites for hydroxylation is 1. The number of carboxylic acids is 1. The van der Waals surface area contributed by atoms with E-state index in [1.807, 2.05) is 13.0 Å². The number of carboxylic acid groups (broad SMARTS) is 1. The normalized spacial score (nSPS) is 11.7. The van der Waals surface area contributed by atoms with Crippen molar-refractivity contribution in [1.29, 1.82) is 0 Å². The highest BCUT2D eigenvalue weighted by atomic mass is 16.4. The second-order valence-electron chi connectivity index (χ2n) is 4.45. The van der Waals surface area contributed by atoms with Crippen molar-refractivity contribution in [3.8, 4) is 0 Å². The number of pyridine rings is 1. The number of nitrogens with one attached hydrogen (secondary N) is 2. The van der Waals surface area contributed by atoms with Gasteiger partial charge in [0.1, 0.15) is 0 Å². The summed E-state index contributed by atoms with van der Waals surface area (Å²) in [5, 5.41) is 14.0. The quantitative estimate of drug-likeness (QED) is 0.686. The fraction of sp³-hybridized carbons (Fsp3) is 0.462. The first-order valence-corrected chi connectivity index (χ1v) is 6.19. The standard InChI is InChI=1S/C13H19N3O3/c1-9(12(17)18)4-3-7-14-13(19)16-11-6-5-10(2)15-8-11/h5-6,8-9H,3-4,7H2,1-2H3,(H,17,18)(H2,14,16,19). The Labute approximate surface area is 112 Å². The molecule has 0 aliphatic heterocycles. The Hall–Kier alpha value is -2.11. The third kappa shape index (κ3) is 5.85. The Morgan fingerprint density at radius 3 is 2.74 bits per heavy atom. The maximum atomic E-state index is 11.5. The average molecular weight is 265 g/mol. The molecule has 0 saturated carbocycles. The third-order valence-electron chi connectivity index (χ3n) is 2.69.